The van der Waals surface area contributed by atoms with Crippen LogP contribution in [0.25, 0.3) is 0 Å². The zero-order chi connectivity index (χ0) is 14.3. The van der Waals surface area contributed by atoms with E-state index < -0.39 is 0 Å². The molecule has 0 aromatic heterocycles. The van der Waals surface area contributed by atoms with Gasteiger partial charge in [-0.3, -0.25) is 0 Å². The Morgan fingerprint density at radius 2 is 1.20 bits per heavy atom. The molecule has 2 heteroatoms. The van der Waals surface area contributed by atoms with Crippen LogP contribution in [0.4, 0.5) is 0 Å². The Labute approximate surface area is 128 Å². The van der Waals surface area contributed by atoms with Crippen LogP contribution in [0.15, 0.2) is 0 Å². The average molecular weight is 286 g/mol. The Hall–Kier alpha value is -0.0800. The first-order chi connectivity index (χ1) is 9.00. The highest BCUT2D eigenvalue weighted by atomic mass is 16.5. The maximum atomic E-state index is 5.25. The molecule has 0 bridgehead atoms. The van der Waals surface area contributed by atoms with Crippen molar-refractivity contribution < 1.29 is 4.74 Å². The third-order valence-electron chi connectivity index (χ3n) is 4.91. The number of hydrogen-bond acceptors (Lipinski definition) is 2. The van der Waals surface area contributed by atoms with Crippen molar-refractivity contribution in [3.8, 4) is 0 Å². The van der Waals surface area contributed by atoms with E-state index in [-0.39, 0.29) is 7.43 Å². The molecular weight excluding hydrogens is 246 g/mol. The molecule has 122 valence electrons. The second-order valence-corrected chi connectivity index (χ2v) is 7.08. The molecular formula is C18H39NO. The Morgan fingerprint density at radius 1 is 0.800 bits per heavy atom. The maximum Gasteiger partial charge on any atom is 0.0468 e. The van der Waals surface area contributed by atoms with Gasteiger partial charge in [0.2, 0.25) is 0 Å². The van der Waals surface area contributed by atoms with Gasteiger partial charge in [-0.25, -0.2) is 0 Å². The van der Waals surface area contributed by atoms with Crippen LogP contribution in [0.5, 0.6) is 0 Å². The highest BCUT2D eigenvalue weighted by Crippen LogP contribution is 2.23. The van der Waals surface area contributed by atoms with E-state index in [1.165, 1.54) is 38.8 Å². The van der Waals surface area contributed by atoms with Crippen molar-refractivity contribution in [2.24, 2.45) is 23.7 Å². The van der Waals surface area contributed by atoms with Crippen molar-refractivity contribution in [3.05, 3.63) is 0 Å². The van der Waals surface area contributed by atoms with Gasteiger partial charge in [-0.05, 0) is 69.5 Å². The lowest BCUT2D eigenvalue weighted by molar-refractivity contribution is 0.0523. The van der Waals surface area contributed by atoms with Gasteiger partial charge >= 0.3 is 0 Å². The summed E-state index contributed by atoms with van der Waals surface area (Å²) in [4.78, 5) is 2.43. The highest BCUT2D eigenvalue weighted by Gasteiger charge is 2.18. The van der Waals surface area contributed by atoms with Crippen LogP contribution in [0, 0.1) is 23.7 Å². The first kappa shape index (κ1) is 19.9. The summed E-state index contributed by atoms with van der Waals surface area (Å²) in [6.07, 6.45) is 5.37. The number of nitrogens with zero attached hydrogens (tertiary/aromatic N) is 1. The number of ether oxygens (including phenoxy) is 1. The van der Waals surface area contributed by atoms with Crippen LogP contribution in [-0.2, 0) is 4.74 Å². The fourth-order valence-corrected chi connectivity index (χ4v) is 3.08. The fourth-order valence-electron chi connectivity index (χ4n) is 3.08. The Kier molecular flexibility index (Phi) is 10.6. The van der Waals surface area contributed by atoms with E-state index in [4.69, 9.17) is 4.74 Å². The molecule has 0 atom stereocenters. The monoisotopic (exact) mass is 285 g/mol. The van der Waals surface area contributed by atoms with Crippen molar-refractivity contribution in [2.75, 3.05) is 33.4 Å². The topological polar surface area (TPSA) is 12.5 Å². The molecule has 0 amide bonds. The van der Waals surface area contributed by atoms with E-state index in [1.54, 1.807) is 0 Å². The van der Waals surface area contributed by atoms with Gasteiger partial charge in [0.25, 0.3) is 0 Å². The third-order valence-corrected chi connectivity index (χ3v) is 4.91. The molecule has 2 rings (SSSR count). The highest BCUT2D eigenvalue weighted by molar-refractivity contribution is 4.71. The lowest BCUT2D eigenvalue weighted by Gasteiger charge is -2.31. The second kappa shape index (κ2) is 10.6. The minimum atomic E-state index is 0. The standard InChI is InChI=1S/C9H19N.C8H16O.CH4/c1-8(2)9-4-6-10(3)7-5-9;1-7(2)8-3-5-9-6-4-8;/h8-9H,4-7H2,1-3H3;7-8H,3-6H2,1-2H3;1H4. The van der Waals surface area contributed by atoms with Crippen LogP contribution < -0.4 is 0 Å². The maximum absolute atomic E-state index is 5.25. The summed E-state index contributed by atoms with van der Waals surface area (Å²) in [5, 5.41) is 0. The molecule has 2 nitrogen and oxygen atoms in total. The SMILES string of the molecule is C.CC(C)C1CCN(C)CC1.CC(C)C1CCOCC1. The number of likely N-dealkylation sites (tertiary alicyclic amines) is 1. The molecule has 0 unspecified atom stereocenters. The van der Waals surface area contributed by atoms with Crippen molar-refractivity contribution in [2.45, 2.75) is 60.8 Å². The van der Waals surface area contributed by atoms with Crippen LogP contribution in [0.3, 0.4) is 0 Å². The Morgan fingerprint density at radius 3 is 1.55 bits per heavy atom. The molecule has 2 heterocycles. The third kappa shape index (κ3) is 7.64. The van der Waals surface area contributed by atoms with E-state index in [0.717, 1.165) is 36.9 Å². The van der Waals surface area contributed by atoms with Gasteiger partial charge in [0.1, 0.15) is 0 Å². The summed E-state index contributed by atoms with van der Waals surface area (Å²) in [6.45, 7) is 13.9. The van der Waals surface area contributed by atoms with Gasteiger partial charge in [-0.2, -0.15) is 0 Å². The molecule has 0 radical (unpaired) electrons. The zero-order valence-electron chi connectivity index (χ0n) is 13.8. The van der Waals surface area contributed by atoms with E-state index in [2.05, 4.69) is 39.6 Å². The smallest absolute Gasteiger partial charge is 0.0468 e. The quantitative estimate of drug-likeness (QED) is 0.730. The minimum Gasteiger partial charge on any atom is -0.381 e. The summed E-state index contributed by atoms with van der Waals surface area (Å²) in [7, 11) is 2.22. The van der Waals surface area contributed by atoms with E-state index in [0.29, 0.717) is 0 Å². The van der Waals surface area contributed by atoms with Crippen molar-refractivity contribution in [3.63, 3.8) is 0 Å². The van der Waals surface area contributed by atoms with Crippen LogP contribution in [-0.4, -0.2) is 38.3 Å². The molecule has 0 aromatic carbocycles. The van der Waals surface area contributed by atoms with Gasteiger partial charge in [0.15, 0.2) is 0 Å². The largest absolute Gasteiger partial charge is 0.381 e. The minimum absolute atomic E-state index is 0. The van der Waals surface area contributed by atoms with Gasteiger partial charge < -0.3 is 9.64 Å². The molecule has 2 aliphatic heterocycles. The zero-order valence-corrected chi connectivity index (χ0v) is 13.8. The number of hydrogen-bond donors (Lipinski definition) is 0. The molecule has 0 N–H and O–H groups in total. The summed E-state index contributed by atoms with van der Waals surface area (Å²) in [5.74, 6) is 3.68. The summed E-state index contributed by atoms with van der Waals surface area (Å²) in [6, 6.07) is 0. The molecule has 0 aromatic rings. The predicted octanol–water partition coefficient (Wildman–Crippen LogP) is 4.69. The van der Waals surface area contributed by atoms with Crippen molar-refractivity contribution in [1.29, 1.82) is 0 Å². The molecule has 0 spiro atoms. The Bertz CT molecular complexity index is 213. The van der Waals surface area contributed by atoms with Crippen molar-refractivity contribution in [1.82, 2.24) is 4.90 Å². The molecule has 2 fully saturated rings. The summed E-state index contributed by atoms with van der Waals surface area (Å²) < 4.78 is 5.25. The molecule has 20 heavy (non-hydrogen) atoms. The average Bonchev–Trinajstić information content (AvgIpc) is 2.41. The Balaban J connectivity index is 0.000000345. The first-order valence-corrected chi connectivity index (χ1v) is 8.27. The van der Waals surface area contributed by atoms with Gasteiger partial charge in [-0.15, -0.1) is 0 Å². The van der Waals surface area contributed by atoms with Crippen LogP contribution in [0.2, 0.25) is 0 Å². The van der Waals surface area contributed by atoms with Crippen LogP contribution in [0.1, 0.15) is 60.8 Å². The fraction of sp³-hybridized carbons (Fsp3) is 1.00. The lowest BCUT2D eigenvalue weighted by Crippen LogP contribution is -2.32. The van der Waals surface area contributed by atoms with Gasteiger partial charge in [0, 0.05) is 13.2 Å². The molecule has 0 saturated carbocycles. The number of piperidine rings is 1. The normalized spacial score (nSPS) is 22.4. The first-order valence-electron chi connectivity index (χ1n) is 8.27. The second-order valence-electron chi connectivity index (χ2n) is 7.08. The lowest BCUT2D eigenvalue weighted by atomic mass is 9.87. The number of rotatable bonds is 2. The van der Waals surface area contributed by atoms with Crippen LogP contribution >= 0.6 is 0 Å². The molecule has 0 aliphatic carbocycles. The molecule has 2 saturated heterocycles. The molecule has 2 aliphatic rings. The van der Waals surface area contributed by atoms with Gasteiger partial charge in [-0.1, -0.05) is 35.1 Å². The van der Waals surface area contributed by atoms with E-state index >= 15 is 0 Å². The van der Waals surface area contributed by atoms with E-state index in [1.807, 2.05) is 0 Å². The predicted molar refractivity (Wildman–Crippen MR) is 90.2 cm³/mol. The van der Waals surface area contributed by atoms with Gasteiger partial charge in [0.05, 0.1) is 0 Å². The summed E-state index contributed by atoms with van der Waals surface area (Å²) >= 11 is 0. The van der Waals surface area contributed by atoms with Crippen molar-refractivity contribution >= 4 is 0 Å². The summed E-state index contributed by atoms with van der Waals surface area (Å²) in [5.41, 5.74) is 0. The van der Waals surface area contributed by atoms with E-state index in [9.17, 15) is 0 Å².